The number of benzene rings is 3. The lowest BCUT2D eigenvalue weighted by molar-refractivity contribution is -0.147. The summed E-state index contributed by atoms with van der Waals surface area (Å²) >= 11 is 0.889. The van der Waals surface area contributed by atoms with E-state index in [1.165, 1.54) is 55.6 Å². The summed E-state index contributed by atoms with van der Waals surface area (Å²) in [7, 11) is 5.64. The maximum atomic E-state index is 15.5. The van der Waals surface area contributed by atoms with Crippen LogP contribution in [0.2, 0.25) is 0 Å². The predicted octanol–water partition coefficient (Wildman–Crippen LogP) is -0.714. The molecule has 9 rings (SSSR count). The van der Waals surface area contributed by atoms with E-state index in [1.807, 2.05) is 13.8 Å². The largest absolute Gasteiger partial charge is 0.497 e. The number of β-amino-alcohol motifs (C(OH)–C–C–N with tert-alkyl or cyclic N) is 1. The van der Waals surface area contributed by atoms with Crippen LogP contribution in [0.4, 0.5) is 0 Å². The molecule has 2 aromatic heterocycles. The number of ether oxygens (including phenoxy) is 1. The number of carbonyl (C=O) groups is 17. The van der Waals surface area contributed by atoms with Crippen LogP contribution in [0.5, 0.6) is 5.75 Å². The predicted molar refractivity (Wildman–Crippen MR) is 482 cm³/mol. The molecule has 39 nitrogen and oxygen atoms in total. The number of carboxylic acid groups (broad SMARTS) is 1. The number of rotatable bonds is 47. The van der Waals surface area contributed by atoms with Crippen LogP contribution in [0.1, 0.15) is 142 Å². The molecule has 17 N–H and O–H groups in total. The Bertz CT molecular complexity index is 4930. The number of likely N-dealkylation sites (N-methyl/N-ethyl adjacent to an activating group) is 3. The van der Waals surface area contributed by atoms with Crippen molar-refractivity contribution in [2.75, 3.05) is 72.5 Å². The number of likely N-dealkylation sites (tertiary alicyclic amines) is 2. The third-order valence-corrected chi connectivity index (χ3v) is 25.3. The molecule has 5 aromatic rings. The van der Waals surface area contributed by atoms with E-state index >= 15 is 24.0 Å². The highest BCUT2D eigenvalue weighted by Crippen LogP contribution is 2.34. The minimum atomic E-state index is -1.91. The lowest BCUT2D eigenvalue weighted by Crippen LogP contribution is -2.64. The van der Waals surface area contributed by atoms with Gasteiger partial charge in [-0.2, -0.15) is 0 Å². The number of carboxylic acids is 1. The van der Waals surface area contributed by atoms with Gasteiger partial charge >= 0.3 is 5.97 Å². The Hall–Kier alpha value is -12.0. The fourth-order valence-electron chi connectivity index (χ4n) is 17.6. The zero-order valence-electron chi connectivity index (χ0n) is 75.7. The Morgan fingerprint density at radius 2 is 1.32 bits per heavy atom. The van der Waals surface area contributed by atoms with Crippen molar-refractivity contribution in [3.05, 3.63) is 102 Å². The molecular formula is C90H127N19O20S. The fraction of sp³-hybridized carbons (Fsp3) is 0.567. The van der Waals surface area contributed by atoms with E-state index in [4.69, 9.17) is 16.2 Å². The molecule has 4 fully saturated rings. The molecule has 3 unspecified atom stereocenters. The summed E-state index contributed by atoms with van der Waals surface area (Å²) in [5, 5.41) is 49.8. The topological polar surface area (TPSA) is 549 Å². The van der Waals surface area contributed by atoms with Gasteiger partial charge in [-0.3, -0.25) is 76.7 Å². The number of H-pyrrole nitrogens is 1. The molecule has 0 spiro atoms. The Morgan fingerprint density at radius 3 is 1.98 bits per heavy atom. The second kappa shape index (κ2) is 47.0. The van der Waals surface area contributed by atoms with E-state index in [-0.39, 0.29) is 120 Å². The van der Waals surface area contributed by atoms with E-state index in [9.17, 15) is 67.7 Å². The second-order valence-corrected chi connectivity index (χ2v) is 36.1. The van der Waals surface area contributed by atoms with Crippen LogP contribution >= 0.6 is 11.8 Å². The highest BCUT2D eigenvalue weighted by molar-refractivity contribution is 8.00. The summed E-state index contributed by atoms with van der Waals surface area (Å²) < 4.78 is 6.79. The first-order chi connectivity index (χ1) is 61.8. The number of piperidine rings is 1. The van der Waals surface area contributed by atoms with Crippen molar-refractivity contribution in [1.82, 2.24) is 87.2 Å². The number of nitrogens with one attached hydrogen (secondary N) is 11. The van der Waals surface area contributed by atoms with Crippen molar-refractivity contribution in [1.29, 1.82) is 0 Å². The van der Waals surface area contributed by atoms with Crippen molar-refractivity contribution in [3.63, 3.8) is 0 Å². The number of aldehydes is 1. The number of hydrogen-bond donors (Lipinski definition) is 15. The average Bonchev–Trinajstić information content (AvgIpc) is 1.59. The van der Waals surface area contributed by atoms with Gasteiger partial charge in [0.15, 0.2) is 0 Å². The van der Waals surface area contributed by atoms with Gasteiger partial charge in [-0.1, -0.05) is 89.6 Å². The molecule has 0 saturated carbocycles. The van der Waals surface area contributed by atoms with Gasteiger partial charge in [0.05, 0.1) is 38.1 Å². The minimum absolute atomic E-state index is 0.0358. The van der Waals surface area contributed by atoms with E-state index < -0.39 is 192 Å². The molecule has 4 aliphatic heterocycles. The maximum absolute atomic E-state index is 15.5. The van der Waals surface area contributed by atoms with Gasteiger partial charge in [-0.05, 0) is 144 Å². The number of fused-ring (bicyclic) bond motifs is 3. The van der Waals surface area contributed by atoms with Gasteiger partial charge in [0, 0.05) is 98.9 Å². The Balaban J connectivity index is 0.915. The van der Waals surface area contributed by atoms with Crippen molar-refractivity contribution < 1.29 is 96.5 Å². The summed E-state index contributed by atoms with van der Waals surface area (Å²) in [6, 6.07) is 5.38. The number of aliphatic hydroxyl groups excluding tert-OH is 1. The van der Waals surface area contributed by atoms with Crippen molar-refractivity contribution >= 4 is 134 Å². The van der Waals surface area contributed by atoms with Crippen LogP contribution in [-0.4, -0.2) is 308 Å². The normalized spacial score (nSPS) is 19.5. The van der Waals surface area contributed by atoms with Crippen molar-refractivity contribution in [2.24, 2.45) is 23.3 Å². The van der Waals surface area contributed by atoms with Crippen LogP contribution < -0.4 is 69.4 Å². The van der Waals surface area contributed by atoms with Crippen LogP contribution in [0, 0.1) is 11.8 Å². The summed E-state index contributed by atoms with van der Waals surface area (Å²) in [5.41, 5.74) is 12.4. The first-order valence-electron chi connectivity index (χ1n) is 44.3. The zero-order chi connectivity index (χ0) is 95.1. The molecule has 0 radical (unpaired) electrons. The number of primary amides is 1. The highest BCUT2D eigenvalue weighted by atomic mass is 32.2. The monoisotopic (exact) mass is 1830 g/mol. The van der Waals surface area contributed by atoms with Gasteiger partial charge < -0.3 is 118 Å². The molecule has 15 atom stereocenters. The molecule has 0 bridgehead atoms. The summed E-state index contributed by atoms with van der Waals surface area (Å²) in [4.78, 5) is 250. The Morgan fingerprint density at radius 1 is 0.685 bits per heavy atom. The number of carbonyl (C=O) groups excluding carboxylic acids is 16. The third kappa shape index (κ3) is 26.4. The van der Waals surface area contributed by atoms with Crippen LogP contribution in [-0.2, 0) is 107 Å². The van der Waals surface area contributed by atoms with Crippen molar-refractivity contribution in [3.8, 4) is 5.75 Å². The summed E-state index contributed by atoms with van der Waals surface area (Å²) in [5.74, 6) is -13.1. The van der Waals surface area contributed by atoms with Gasteiger partial charge in [0.2, 0.25) is 88.6 Å². The second-order valence-electron chi connectivity index (χ2n) is 35.1. The fourth-order valence-corrected chi connectivity index (χ4v) is 18.6. The van der Waals surface area contributed by atoms with Crippen LogP contribution in [0.15, 0.2) is 85.2 Å². The first kappa shape index (κ1) is 102. The van der Waals surface area contributed by atoms with Crippen molar-refractivity contribution in [2.45, 2.75) is 242 Å². The molecule has 15 amide bonds. The average molecular weight is 1830 g/mol. The lowest BCUT2D eigenvalue weighted by atomic mass is 9.92. The third-order valence-electron chi connectivity index (χ3n) is 24.3. The van der Waals surface area contributed by atoms with E-state index in [0.717, 1.165) is 27.8 Å². The molecule has 0 aliphatic carbocycles. The number of aliphatic carboxylic acids is 1. The van der Waals surface area contributed by atoms with Gasteiger partial charge in [0.1, 0.15) is 90.6 Å². The molecule has 4 saturated heterocycles. The van der Waals surface area contributed by atoms with E-state index in [0.29, 0.717) is 76.3 Å². The first-order valence-corrected chi connectivity index (χ1v) is 45.5. The molecule has 130 heavy (non-hydrogen) atoms. The van der Waals surface area contributed by atoms with Gasteiger partial charge in [-0.25, -0.2) is 0 Å². The molecule has 6 heterocycles. The molecule has 40 heteroatoms. The number of nitrogens with zero attached hydrogens (tertiary/aromatic N) is 6. The van der Waals surface area contributed by atoms with E-state index in [1.54, 1.807) is 112 Å². The van der Waals surface area contributed by atoms with Crippen LogP contribution in [0.25, 0.3) is 21.8 Å². The standard InChI is InChI=1S/C90H127N19O20S/c1-12-32-90(7,103-81(120)66(39-55-44-106(46-77(115)116)70-21-16-14-19-61(55)70)100-79(118)63(31-33-91)98-80(119)65(38-54-41-94-62-20-15-13-18-60(54)62)101-84(123)72-40-58(111)45-108(72)87(126)68(36-51(4)5)96-75(113)43-93-8)89(128)104(9)52(6)78(117)102-67(35-50(2)3)85(124)105(10)73(82(121)95-42-74(92)112)48-130-49-76(114)97-69(37-53-23-28-59(129-11)29-24-53)86(125)107-34-17-22-71(107)83(122)99-64-30-27-56-25-26-57(47-110)109(56)88(64)127/h13-16,18-21,23-24,28-29,41,44,47,50-52,56-58,63-69,71-73,93-94,111H,12,17,22,25-27,30-40,42-43,45-46,48-49,91H2,1-11H3,(H2,92,112)(H,95,121)(H,96,113)(H,97,114)(H,98,119)(H,99,122)(H,100,118)(H,101,123)(H,102,117)(H,103,120)(H,115,116)/t52?,56?,57-,58-,63+,64-,65+,66+,67+,68+,69+,71+,72+,73+,90?/m1/s1. The summed E-state index contributed by atoms with van der Waals surface area (Å²) in [6.07, 6.45) is 4.77. The number of para-hydroxylation sites is 2. The molecular weight excluding hydrogens is 1700 g/mol. The smallest absolute Gasteiger partial charge is 0.323 e. The van der Waals surface area contributed by atoms with Gasteiger partial charge in [-0.15, -0.1) is 11.8 Å². The Labute approximate surface area is 759 Å². The SMILES string of the molecule is CCCC(C)(NC(=O)[C@H](Cc1cn(CC(=O)O)c2ccccc12)NC(=O)[C@H](CCN)NC(=O)[C@H](Cc1c[nH]c2ccccc12)NC(=O)[C@@H]1C[C@@H](O)CN1C(=O)[C@H](CC(C)C)NC(=O)CNC)C(=O)N(C)C(C)C(=O)N[C@@H](CC(C)C)C(=O)N(C)[C@@H](CSCC(=O)N[C@@H](Cc1ccc(OC)cc1)C(=O)N1CCC[C@H]1C(=O)N[C@@H]1CCC2CC[C@H](C=O)N2C1=O)C(=O)NCC(N)=O. The summed E-state index contributed by atoms with van der Waals surface area (Å²) in [6.45, 7) is 10.1. The number of aromatic amines is 1. The maximum Gasteiger partial charge on any atom is 0.323 e. The number of amides is 15. The molecule has 3 aromatic carbocycles. The Kier molecular flexibility index (Phi) is 36.8. The molecule has 708 valence electrons. The number of nitrogens with two attached hydrogens (primary N) is 2. The number of methoxy groups -OCH3 is 1. The number of thioether (sulfide) groups is 1. The number of aliphatic hydroxyl groups is 1. The molecule has 4 aliphatic rings. The number of hydrogen-bond acceptors (Lipinski definition) is 22. The lowest BCUT2D eigenvalue weighted by Gasteiger charge is -2.37. The van der Waals surface area contributed by atoms with Gasteiger partial charge in [0.25, 0.3) is 0 Å². The highest BCUT2D eigenvalue weighted by Gasteiger charge is 2.49. The van der Waals surface area contributed by atoms with E-state index in [2.05, 4.69) is 58.2 Å². The number of aromatic nitrogens is 2. The quantitative estimate of drug-likeness (QED) is 0.0214. The minimum Gasteiger partial charge on any atom is -0.497 e. The van der Waals surface area contributed by atoms with Crippen LogP contribution in [0.3, 0.4) is 0 Å². The zero-order valence-corrected chi connectivity index (χ0v) is 76.5.